The number of aromatic amines is 1. The molecule has 0 spiro atoms. The SMILES string of the molecule is CCCCc1nc(O)c(C=O)[nH]1. The minimum atomic E-state index is -0.198. The van der Waals surface area contributed by atoms with Crippen LogP contribution in [0.1, 0.15) is 36.1 Å². The Balaban J connectivity index is 2.68. The first-order valence-corrected chi connectivity index (χ1v) is 4.01. The van der Waals surface area contributed by atoms with Crippen molar-refractivity contribution in [3.63, 3.8) is 0 Å². The van der Waals surface area contributed by atoms with Crippen molar-refractivity contribution in [2.75, 3.05) is 0 Å². The van der Waals surface area contributed by atoms with Gasteiger partial charge in [0.25, 0.3) is 0 Å². The molecule has 0 aliphatic rings. The number of aldehydes is 1. The van der Waals surface area contributed by atoms with Crippen molar-refractivity contribution in [1.29, 1.82) is 0 Å². The van der Waals surface area contributed by atoms with Crippen molar-refractivity contribution in [2.24, 2.45) is 0 Å². The van der Waals surface area contributed by atoms with Crippen LogP contribution < -0.4 is 0 Å². The summed E-state index contributed by atoms with van der Waals surface area (Å²) in [4.78, 5) is 16.8. The standard InChI is InChI=1S/C8H12N2O2/c1-2-3-4-7-9-6(5-11)8(12)10-7/h5,12H,2-4H2,1H3,(H,9,10). The molecule has 12 heavy (non-hydrogen) atoms. The molecule has 1 heterocycles. The van der Waals surface area contributed by atoms with Crippen LogP contribution >= 0.6 is 0 Å². The van der Waals surface area contributed by atoms with Gasteiger partial charge >= 0.3 is 0 Å². The summed E-state index contributed by atoms with van der Waals surface area (Å²) in [6, 6.07) is 0. The van der Waals surface area contributed by atoms with Crippen LogP contribution in [0.15, 0.2) is 0 Å². The topological polar surface area (TPSA) is 66.0 Å². The smallest absolute Gasteiger partial charge is 0.240 e. The van der Waals surface area contributed by atoms with Gasteiger partial charge in [-0.15, -0.1) is 0 Å². The molecule has 0 atom stereocenters. The van der Waals surface area contributed by atoms with Crippen molar-refractivity contribution in [1.82, 2.24) is 9.97 Å². The Morgan fingerprint density at radius 2 is 2.42 bits per heavy atom. The summed E-state index contributed by atoms with van der Waals surface area (Å²) in [5, 5.41) is 9.06. The van der Waals surface area contributed by atoms with E-state index in [-0.39, 0.29) is 11.6 Å². The normalized spacial score (nSPS) is 10.1. The number of H-pyrrole nitrogens is 1. The highest BCUT2D eigenvalue weighted by Gasteiger charge is 2.06. The molecule has 66 valence electrons. The lowest BCUT2D eigenvalue weighted by Gasteiger charge is -1.90. The number of nitrogens with one attached hydrogen (secondary N) is 1. The Labute approximate surface area is 70.6 Å². The Morgan fingerprint density at radius 3 is 2.92 bits per heavy atom. The van der Waals surface area contributed by atoms with E-state index in [0.717, 1.165) is 19.3 Å². The van der Waals surface area contributed by atoms with Gasteiger partial charge in [-0.1, -0.05) is 13.3 Å². The third kappa shape index (κ3) is 1.84. The number of aromatic nitrogens is 2. The lowest BCUT2D eigenvalue weighted by molar-refractivity contribution is 0.111. The fourth-order valence-electron chi connectivity index (χ4n) is 0.972. The minimum Gasteiger partial charge on any atom is -0.492 e. The third-order valence-electron chi connectivity index (χ3n) is 1.65. The van der Waals surface area contributed by atoms with Gasteiger partial charge in [-0.25, -0.2) is 0 Å². The van der Waals surface area contributed by atoms with Gasteiger partial charge < -0.3 is 10.1 Å². The number of aromatic hydroxyl groups is 1. The molecule has 0 aromatic carbocycles. The summed E-state index contributed by atoms with van der Waals surface area (Å²) in [6.45, 7) is 2.07. The van der Waals surface area contributed by atoms with Crippen molar-refractivity contribution in [3.8, 4) is 5.88 Å². The second-order valence-electron chi connectivity index (χ2n) is 2.64. The average molecular weight is 168 g/mol. The summed E-state index contributed by atoms with van der Waals surface area (Å²) in [6.07, 6.45) is 3.42. The molecule has 0 aliphatic heterocycles. The highest BCUT2D eigenvalue weighted by molar-refractivity contribution is 5.75. The Kier molecular flexibility index (Phi) is 2.85. The molecule has 0 saturated carbocycles. The van der Waals surface area contributed by atoms with Crippen molar-refractivity contribution < 1.29 is 9.90 Å². The number of unbranched alkanes of at least 4 members (excludes halogenated alkanes) is 1. The molecule has 0 aliphatic carbocycles. The molecule has 2 N–H and O–H groups in total. The van der Waals surface area contributed by atoms with Crippen LogP contribution in [0.2, 0.25) is 0 Å². The molecule has 1 aromatic heterocycles. The van der Waals surface area contributed by atoms with Crippen LogP contribution in [0, 0.1) is 0 Å². The van der Waals surface area contributed by atoms with Crippen LogP contribution in [-0.4, -0.2) is 21.4 Å². The summed E-state index contributed by atoms with van der Waals surface area (Å²) < 4.78 is 0. The van der Waals surface area contributed by atoms with E-state index in [1.165, 1.54) is 0 Å². The Hall–Kier alpha value is -1.32. The van der Waals surface area contributed by atoms with Gasteiger partial charge in [-0.2, -0.15) is 4.98 Å². The highest BCUT2D eigenvalue weighted by Crippen LogP contribution is 2.11. The van der Waals surface area contributed by atoms with Crippen molar-refractivity contribution in [2.45, 2.75) is 26.2 Å². The Morgan fingerprint density at radius 1 is 1.67 bits per heavy atom. The molecule has 0 unspecified atom stereocenters. The van der Waals surface area contributed by atoms with E-state index in [1.807, 2.05) is 0 Å². The lowest BCUT2D eigenvalue weighted by Crippen LogP contribution is -1.87. The molecular formula is C8H12N2O2. The number of carbonyl (C=O) groups excluding carboxylic acids is 1. The summed E-state index contributed by atoms with van der Waals surface area (Å²) in [5.74, 6) is 0.479. The molecular weight excluding hydrogens is 156 g/mol. The quantitative estimate of drug-likeness (QED) is 0.665. The fourth-order valence-corrected chi connectivity index (χ4v) is 0.972. The zero-order valence-electron chi connectivity index (χ0n) is 7.00. The van der Waals surface area contributed by atoms with E-state index < -0.39 is 0 Å². The number of hydrogen-bond donors (Lipinski definition) is 2. The third-order valence-corrected chi connectivity index (χ3v) is 1.65. The highest BCUT2D eigenvalue weighted by atomic mass is 16.3. The number of imidazole rings is 1. The first-order chi connectivity index (χ1) is 5.77. The fraction of sp³-hybridized carbons (Fsp3) is 0.500. The molecule has 0 bridgehead atoms. The maximum atomic E-state index is 10.3. The summed E-state index contributed by atoms with van der Waals surface area (Å²) >= 11 is 0. The van der Waals surface area contributed by atoms with E-state index in [1.54, 1.807) is 0 Å². The molecule has 1 aromatic rings. The number of rotatable bonds is 4. The number of aryl methyl sites for hydroxylation is 1. The number of hydrogen-bond acceptors (Lipinski definition) is 3. The van der Waals surface area contributed by atoms with Gasteiger partial charge in [0.2, 0.25) is 5.88 Å². The molecule has 0 radical (unpaired) electrons. The second kappa shape index (κ2) is 3.90. The second-order valence-corrected chi connectivity index (χ2v) is 2.64. The maximum absolute atomic E-state index is 10.3. The van der Waals surface area contributed by atoms with Gasteiger partial charge in [-0.3, -0.25) is 4.79 Å². The van der Waals surface area contributed by atoms with Crippen LogP contribution in [0.3, 0.4) is 0 Å². The van der Waals surface area contributed by atoms with Gasteiger partial charge in [0, 0.05) is 6.42 Å². The minimum absolute atomic E-state index is 0.168. The van der Waals surface area contributed by atoms with Crippen molar-refractivity contribution in [3.05, 3.63) is 11.5 Å². The van der Waals surface area contributed by atoms with E-state index in [2.05, 4.69) is 16.9 Å². The van der Waals surface area contributed by atoms with Crippen LogP contribution in [0.25, 0.3) is 0 Å². The lowest BCUT2D eigenvalue weighted by atomic mass is 10.2. The Bertz CT molecular complexity index is 268. The maximum Gasteiger partial charge on any atom is 0.240 e. The largest absolute Gasteiger partial charge is 0.492 e. The van der Waals surface area contributed by atoms with Crippen LogP contribution in [0.5, 0.6) is 5.88 Å². The predicted molar refractivity (Wildman–Crippen MR) is 44.3 cm³/mol. The molecule has 0 fully saturated rings. The zero-order valence-corrected chi connectivity index (χ0v) is 7.00. The van der Waals surface area contributed by atoms with E-state index in [4.69, 9.17) is 5.11 Å². The molecule has 4 heteroatoms. The zero-order chi connectivity index (χ0) is 8.97. The van der Waals surface area contributed by atoms with Gasteiger partial charge in [0.1, 0.15) is 11.5 Å². The molecule has 1 rings (SSSR count). The molecule has 4 nitrogen and oxygen atoms in total. The van der Waals surface area contributed by atoms with E-state index >= 15 is 0 Å². The van der Waals surface area contributed by atoms with Gasteiger partial charge in [-0.05, 0) is 6.42 Å². The summed E-state index contributed by atoms with van der Waals surface area (Å²) in [5.41, 5.74) is 0.168. The molecule has 0 saturated heterocycles. The predicted octanol–water partition coefficient (Wildman–Crippen LogP) is 1.27. The first kappa shape index (κ1) is 8.77. The van der Waals surface area contributed by atoms with Gasteiger partial charge in [0.05, 0.1) is 0 Å². The molecule has 0 amide bonds. The van der Waals surface area contributed by atoms with E-state index in [9.17, 15) is 4.79 Å². The van der Waals surface area contributed by atoms with Crippen LogP contribution in [0.4, 0.5) is 0 Å². The number of carbonyl (C=O) groups is 1. The van der Waals surface area contributed by atoms with E-state index in [0.29, 0.717) is 12.1 Å². The first-order valence-electron chi connectivity index (χ1n) is 4.01. The monoisotopic (exact) mass is 168 g/mol. The van der Waals surface area contributed by atoms with Crippen LogP contribution in [-0.2, 0) is 6.42 Å². The van der Waals surface area contributed by atoms with Crippen molar-refractivity contribution >= 4 is 6.29 Å². The number of nitrogens with zero attached hydrogens (tertiary/aromatic N) is 1. The summed E-state index contributed by atoms with van der Waals surface area (Å²) in [7, 11) is 0. The van der Waals surface area contributed by atoms with Gasteiger partial charge in [0.15, 0.2) is 6.29 Å². The average Bonchev–Trinajstić information content (AvgIpc) is 2.43.